The Morgan fingerprint density at radius 2 is 2.26 bits per heavy atom. The fraction of sp³-hybridized carbons (Fsp3) is 0.286. The van der Waals surface area contributed by atoms with Crippen LogP contribution in [0.2, 0.25) is 0 Å². The number of nitrogens with zero attached hydrogens (tertiary/aromatic N) is 1. The Hall–Kier alpha value is -2.30. The predicted molar refractivity (Wildman–Crippen MR) is 68.3 cm³/mol. The van der Waals surface area contributed by atoms with Crippen LogP contribution < -0.4 is 0 Å². The van der Waals surface area contributed by atoms with Crippen LogP contribution in [0.5, 0.6) is 0 Å². The van der Waals surface area contributed by atoms with E-state index in [9.17, 15) is 9.59 Å². The standard InChI is InChI=1S/C14H15NO4/c1-3-10-6-11(9-16)15(7-10)8-12-4-5-13(19-12)14(17)18-2/h4-7,9H,3,8H2,1-2H3. The molecule has 2 rings (SSSR count). The molecule has 100 valence electrons. The van der Waals surface area contributed by atoms with E-state index in [1.807, 2.05) is 19.2 Å². The van der Waals surface area contributed by atoms with Crippen LogP contribution in [0.1, 0.15) is 39.3 Å². The van der Waals surface area contributed by atoms with Gasteiger partial charge in [-0.3, -0.25) is 4.79 Å². The molecular formula is C14H15NO4. The van der Waals surface area contributed by atoms with E-state index in [1.54, 1.807) is 16.7 Å². The zero-order chi connectivity index (χ0) is 13.8. The van der Waals surface area contributed by atoms with Crippen molar-refractivity contribution in [2.45, 2.75) is 19.9 Å². The Bertz CT molecular complexity index is 594. The quantitative estimate of drug-likeness (QED) is 0.612. The lowest BCUT2D eigenvalue weighted by Crippen LogP contribution is -2.02. The summed E-state index contributed by atoms with van der Waals surface area (Å²) in [4.78, 5) is 22.3. The molecule has 0 amide bonds. The first kappa shape index (κ1) is 13.1. The van der Waals surface area contributed by atoms with Gasteiger partial charge in [-0.1, -0.05) is 6.92 Å². The second-order valence-electron chi connectivity index (χ2n) is 4.13. The van der Waals surface area contributed by atoms with E-state index >= 15 is 0 Å². The smallest absolute Gasteiger partial charge is 0.373 e. The van der Waals surface area contributed by atoms with Crippen LogP contribution in [0.25, 0.3) is 0 Å². The van der Waals surface area contributed by atoms with Gasteiger partial charge < -0.3 is 13.7 Å². The Labute approximate surface area is 110 Å². The highest BCUT2D eigenvalue weighted by molar-refractivity contribution is 5.86. The highest BCUT2D eigenvalue weighted by Gasteiger charge is 2.12. The molecule has 0 unspecified atom stereocenters. The van der Waals surface area contributed by atoms with Crippen molar-refractivity contribution in [1.82, 2.24) is 4.57 Å². The maximum absolute atomic E-state index is 11.3. The second kappa shape index (κ2) is 5.56. The molecule has 0 bridgehead atoms. The third-order valence-corrected chi connectivity index (χ3v) is 2.89. The molecule has 0 spiro atoms. The molecule has 2 heterocycles. The summed E-state index contributed by atoms with van der Waals surface area (Å²) < 4.78 is 11.7. The van der Waals surface area contributed by atoms with E-state index in [1.165, 1.54) is 7.11 Å². The maximum atomic E-state index is 11.3. The van der Waals surface area contributed by atoms with E-state index in [4.69, 9.17) is 4.42 Å². The van der Waals surface area contributed by atoms with Crippen LogP contribution in [-0.4, -0.2) is 23.9 Å². The summed E-state index contributed by atoms with van der Waals surface area (Å²) in [6.45, 7) is 2.43. The number of aromatic nitrogens is 1. The summed E-state index contributed by atoms with van der Waals surface area (Å²) in [5, 5.41) is 0. The number of rotatable bonds is 5. The van der Waals surface area contributed by atoms with Crippen molar-refractivity contribution in [1.29, 1.82) is 0 Å². The highest BCUT2D eigenvalue weighted by Crippen LogP contribution is 2.14. The van der Waals surface area contributed by atoms with E-state index in [-0.39, 0.29) is 5.76 Å². The molecule has 2 aromatic heterocycles. The number of methoxy groups -OCH3 is 1. The molecule has 19 heavy (non-hydrogen) atoms. The van der Waals surface area contributed by atoms with Gasteiger partial charge in [-0.05, 0) is 30.2 Å². The number of carbonyl (C=O) groups excluding carboxylic acids is 2. The van der Waals surface area contributed by atoms with Gasteiger partial charge in [0.25, 0.3) is 0 Å². The van der Waals surface area contributed by atoms with Gasteiger partial charge in [0.2, 0.25) is 5.76 Å². The summed E-state index contributed by atoms with van der Waals surface area (Å²) in [5.74, 6) is 0.249. The lowest BCUT2D eigenvalue weighted by molar-refractivity contribution is 0.0562. The number of aryl methyl sites for hydroxylation is 1. The van der Waals surface area contributed by atoms with Crippen LogP contribution in [0.15, 0.2) is 28.8 Å². The number of furan rings is 1. The Balaban J connectivity index is 2.21. The molecule has 0 atom stereocenters. The third-order valence-electron chi connectivity index (χ3n) is 2.89. The SMILES string of the molecule is CCc1cc(C=O)n(Cc2ccc(C(=O)OC)o2)c1. The first-order valence-electron chi connectivity index (χ1n) is 5.99. The zero-order valence-electron chi connectivity index (χ0n) is 10.9. The van der Waals surface area contributed by atoms with Crippen molar-refractivity contribution < 1.29 is 18.7 Å². The zero-order valence-corrected chi connectivity index (χ0v) is 10.9. The monoisotopic (exact) mass is 261 g/mol. The van der Waals surface area contributed by atoms with Crippen LogP contribution in [0.4, 0.5) is 0 Å². The lowest BCUT2D eigenvalue weighted by atomic mass is 10.2. The molecule has 0 saturated heterocycles. The van der Waals surface area contributed by atoms with Gasteiger partial charge in [0.05, 0.1) is 19.3 Å². The average molecular weight is 261 g/mol. The third kappa shape index (κ3) is 2.76. The molecular weight excluding hydrogens is 246 g/mol. The number of esters is 1. The van der Waals surface area contributed by atoms with Gasteiger partial charge >= 0.3 is 5.97 Å². The number of hydrogen-bond acceptors (Lipinski definition) is 4. The molecule has 0 saturated carbocycles. The molecule has 0 aliphatic rings. The molecule has 0 radical (unpaired) electrons. The van der Waals surface area contributed by atoms with Gasteiger partial charge in [-0.15, -0.1) is 0 Å². The molecule has 0 N–H and O–H groups in total. The number of carbonyl (C=O) groups is 2. The van der Waals surface area contributed by atoms with E-state index in [0.29, 0.717) is 18.0 Å². The van der Waals surface area contributed by atoms with Gasteiger partial charge in [-0.2, -0.15) is 0 Å². The van der Waals surface area contributed by atoms with Gasteiger partial charge in [-0.25, -0.2) is 4.79 Å². The molecule has 5 nitrogen and oxygen atoms in total. The van der Waals surface area contributed by atoms with Crippen molar-refractivity contribution in [3.8, 4) is 0 Å². The fourth-order valence-corrected chi connectivity index (χ4v) is 1.86. The van der Waals surface area contributed by atoms with Gasteiger partial charge in [0.15, 0.2) is 6.29 Å². The normalized spacial score (nSPS) is 10.4. The first-order chi connectivity index (χ1) is 9.17. The van der Waals surface area contributed by atoms with Gasteiger partial charge in [0.1, 0.15) is 5.76 Å². The molecule has 0 aromatic carbocycles. The van der Waals surface area contributed by atoms with Crippen molar-refractivity contribution >= 4 is 12.3 Å². The summed E-state index contributed by atoms with van der Waals surface area (Å²) in [6, 6.07) is 5.11. The van der Waals surface area contributed by atoms with E-state index in [0.717, 1.165) is 18.3 Å². The molecule has 2 aromatic rings. The number of ether oxygens (including phenoxy) is 1. The largest absolute Gasteiger partial charge is 0.463 e. The summed E-state index contributed by atoms with van der Waals surface area (Å²) in [5.41, 5.74) is 1.68. The minimum atomic E-state index is -0.511. The van der Waals surface area contributed by atoms with Crippen LogP contribution in [0.3, 0.4) is 0 Å². The van der Waals surface area contributed by atoms with Crippen LogP contribution in [-0.2, 0) is 17.7 Å². The minimum absolute atomic E-state index is 0.160. The van der Waals surface area contributed by atoms with Crippen molar-refractivity contribution in [2.75, 3.05) is 7.11 Å². The molecule has 0 aliphatic carbocycles. The van der Waals surface area contributed by atoms with Crippen LogP contribution >= 0.6 is 0 Å². The second-order valence-corrected chi connectivity index (χ2v) is 4.13. The molecule has 0 aliphatic heterocycles. The van der Waals surface area contributed by atoms with Gasteiger partial charge in [0, 0.05) is 6.20 Å². The van der Waals surface area contributed by atoms with Crippen LogP contribution in [0, 0.1) is 0 Å². The Morgan fingerprint density at radius 1 is 1.47 bits per heavy atom. The molecule has 0 fully saturated rings. The highest BCUT2D eigenvalue weighted by atomic mass is 16.5. The summed E-state index contributed by atoms with van der Waals surface area (Å²) in [7, 11) is 1.30. The molecule has 5 heteroatoms. The fourth-order valence-electron chi connectivity index (χ4n) is 1.86. The summed E-state index contributed by atoms with van der Waals surface area (Å²) >= 11 is 0. The predicted octanol–water partition coefficient (Wildman–Crippen LogP) is 2.29. The topological polar surface area (TPSA) is 61.4 Å². The van der Waals surface area contributed by atoms with Crippen molar-refractivity contribution in [2.24, 2.45) is 0 Å². The maximum Gasteiger partial charge on any atom is 0.373 e. The summed E-state index contributed by atoms with van der Waals surface area (Å²) in [6.07, 6.45) is 3.58. The minimum Gasteiger partial charge on any atom is -0.463 e. The number of aldehydes is 1. The van der Waals surface area contributed by atoms with E-state index in [2.05, 4.69) is 4.74 Å². The van der Waals surface area contributed by atoms with E-state index < -0.39 is 5.97 Å². The number of hydrogen-bond donors (Lipinski definition) is 0. The van der Waals surface area contributed by atoms with Crippen molar-refractivity contribution in [3.63, 3.8) is 0 Å². The average Bonchev–Trinajstić information content (AvgIpc) is 3.05. The first-order valence-corrected chi connectivity index (χ1v) is 5.99. The Morgan fingerprint density at radius 3 is 2.89 bits per heavy atom. The lowest BCUT2D eigenvalue weighted by Gasteiger charge is -2.02. The van der Waals surface area contributed by atoms with Crippen molar-refractivity contribution in [3.05, 3.63) is 47.2 Å². The Kier molecular flexibility index (Phi) is 3.85.